The third-order valence-electron chi connectivity index (χ3n) is 2.65. The molecule has 0 spiro atoms. The van der Waals surface area contributed by atoms with Crippen LogP contribution in [0.1, 0.15) is 25.7 Å². The first kappa shape index (κ1) is 11.4. The molecule has 0 bridgehead atoms. The van der Waals surface area contributed by atoms with Crippen LogP contribution < -0.4 is 0 Å². The fourth-order valence-corrected chi connectivity index (χ4v) is 7.52. The van der Waals surface area contributed by atoms with E-state index < -0.39 is 18.7 Å². The van der Waals surface area contributed by atoms with E-state index in [1.54, 1.807) is 0 Å². The zero-order chi connectivity index (χ0) is 10.7. The Kier molecular flexibility index (Phi) is 4.03. The average molecular weight is 337 g/mol. The summed E-state index contributed by atoms with van der Waals surface area (Å²) in [7, 11) is 6.52. The summed E-state index contributed by atoms with van der Waals surface area (Å²) in [6.45, 7) is 0. The number of hydrogen-bond acceptors (Lipinski definition) is 1. The van der Waals surface area contributed by atoms with E-state index in [4.69, 9.17) is 8.91 Å². The zero-order valence-corrected chi connectivity index (χ0v) is 11.4. The van der Waals surface area contributed by atoms with Gasteiger partial charge >= 0.3 is 102 Å². The van der Waals surface area contributed by atoms with Gasteiger partial charge in [-0.15, -0.1) is 0 Å². The van der Waals surface area contributed by atoms with Gasteiger partial charge < -0.3 is 0 Å². The van der Waals surface area contributed by atoms with Gasteiger partial charge in [0.25, 0.3) is 0 Å². The van der Waals surface area contributed by atoms with Crippen molar-refractivity contribution in [2.45, 2.75) is 29.6 Å². The summed E-state index contributed by atoms with van der Waals surface area (Å²) in [6, 6.07) is 10.2. The summed E-state index contributed by atoms with van der Waals surface area (Å²) in [5.41, 5.74) is 0. The van der Waals surface area contributed by atoms with Gasteiger partial charge in [-0.3, -0.25) is 0 Å². The molecule has 0 aromatic heterocycles. The Morgan fingerprint density at radius 1 is 1.20 bits per heavy atom. The van der Waals surface area contributed by atoms with Gasteiger partial charge in [0.1, 0.15) is 0 Å². The Hall–Kier alpha value is -0.0900. The van der Waals surface area contributed by atoms with Crippen molar-refractivity contribution in [2.24, 2.45) is 0 Å². The van der Waals surface area contributed by atoms with Gasteiger partial charge in [-0.1, -0.05) is 0 Å². The van der Waals surface area contributed by atoms with Crippen molar-refractivity contribution in [1.82, 2.24) is 0 Å². The maximum atomic E-state index is 11.8. The van der Waals surface area contributed by atoms with Crippen LogP contribution in [0.4, 0.5) is 0 Å². The van der Waals surface area contributed by atoms with Crippen LogP contribution >= 0.6 is 27.6 Å². The molecule has 0 N–H and O–H groups in total. The summed E-state index contributed by atoms with van der Waals surface area (Å²) < 4.78 is 1.41. The molecule has 1 aromatic carbocycles. The third-order valence-corrected chi connectivity index (χ3v) is 9.64. The van der Waals surface area contributed by atoms with Gasteiger partial charge in [0, 0.05) is 0 Å². The SMILES string of the molecule is O=C1CCCCC1I(Cl)c1ccccc1. The molecule has 15 heavy (non-hydrogen) atoms. The second kappa shape index (κ2) is 5.30. The number of halogens is 2. The molecule has 0 heterocycles. The van der Waals surface area contributed by atoms with Crippen LogP contribution in [0.25, 0.3) is 0 Å². The van der Waals surface area contributed by atoms with Gasteiger partial charge in [0.05, 0.1) is 0 Å². The molecule has 1 aromatic rings. The van der Waals surface area contributed by atoms with Gasteiger partial charge in [0.2, 0.25) is 0 Å². The predicted molar refractivity (Wildman–Crippen MR) is 72.3 cm³/mol. The number of benzene rings is 1. The second-order valence-corrected chi connectivity index (χ2v) is 10.1. The topological polar surface area (TPSA) is 17.1 Å². The van der Waals surface area contributed by atoms with E-state index in [1.165, 1.54) is 9.99 Å². The first-order valence-corrected chi connectivity index (χ1v) is 10.3. The molecule has 1 aliphatic rings. The fourth-order valence-electron chi connectivity index (χ4n) is 1.83. The first-order chi connectivity index (χ1) is 7.29. The monoisotopic (exact) mass is 336 g/mol. The molecular weight excluding hydrogens is 322 g/mol. The number of ketones is 1. The van der Waals surface area contributed by atoms with Crippen LogP contribution in [-0.2, 0) is 4.79 Å². The van der Waals surface area contributed by atoms with E-state index in [0.29, 0.717) is 5.78 Å². The molecule has 0 saturated heterocycles. The van der Waals surface area contributed by atoms with Gasteiger partial charge in [-0.25, -0.2) is 0 Å². The van der Waals surface area contributed by atoms with E-state index in [0.717, 1.165) is 19.3 Å². The number of carbonyl (C=O) groups is 1. The van der Waals surface area contributed by atoms with E-state index in [9.17, 15) is 4.79 Å². The molecule has 0 radical (unpaired) electrons. The molecule has 1 unspecified atom stereocenters. The maximum absolute atomic E-state index is 11.8. The number of rotatable bonds is 2. The van der Waals surface area contributed by atoms with Crippen molar-refractivity contribution in [2.75, 3.05) is 0 Å². The van der Waals surface area contributed by atoms with Crippen LogP contribution in [0.3, 0.4) is 0 Å². The first-order valence-electron chi connectivity index (χ1n) is 5.22. The molecule has 2 rings (SSSR count). The van der Waals surface area contributed by atoms with Crippen molar-refractivity contribution in [3.8, 4) is 0 Å². The standard InChI is InChI=1S/C12H14ClIO/c13-14(10-6-2-1-3-7-10)11-8-4-5-9-12(11)15/h1-3,6-7,11H,4-5,8-9H2. The minimum absolute atomic E-state index is 0.187. The molecule has 0 aliphatic heterocycles. The number of Topliss-reactive ketones (excluding diaryl/α,β-unsaturated/α-hetero) is 1. The van der Waals surface area contributed by atoms with Gasteiger partial charge in [-0.05, 0) is 0 Å². The Bertz CT molecular complexity index is 339. The molecule has 3 heteroatoms. The molecule has 1 saturated carbocycles. The Balaban J connectivity index is 2.13. The molecule has 0 amide bonds. The van der Waals surface area contributed by atoms with Crippen molar-refractivity contribution in [3.05, 3.63) is 33.9 Å². The van der Waals surface area contributed by atoms with Crippen molar-refractivity contribution < 1.29 is 4.79 Å². The van der Waals surface area contributed by atoms with Gasteiger partial charge in [-0.2, -0.15) is 0 Å². The van der Waals surface area contributed by atoms with E-state index in [2.05, 4.69) is 12.1 Å². The van der Waals surface area contributed by atoms with Crippen LogP contribution in [0.2, 0.25) is 0 Å². The van der Waals surface area contributed by atoms with Crippen molar-refractivity contribution in [1.29, 1.82) is 0 Å². The fraction of sp³-hybridized carbons (Fsp3) is 0.417. The Morgan fingerprint density at radius 2 is 1.93 bits per heavy atom. The predicted octanol–water partition coefficient (Wildman–Crippen LogP) is 4.03. The quantitative estimate of drug-likeness (QED) is 0.589. The molecule has 1 atom stereocenters. The second-order valence-electron chi connectivity index (χ2n) is 3.74. The van der Waals surface area contributed by atoms with E-state index in [-0.39, 0.29) is 3.92 Å². The zero-order valence-electron chi connectivity index (χ0n) is 8.46. The molecule has 1 nitrogen and oxygen atoms in total. The Labute approximate surface area is 101 Å². The average Bonchev–Trinajstić information content (AvgIpc) is 2.30. The van der Waals surface area contributed by atoms with Crippen LogP contribution in [0, 0.1) is 3.57 Å². The van der Waals surface area contributed by atoms with Crippen LogP contribution in [0.5, 0.6) is 0 Å². The number of hydrogen-bond donors (Lipinski definition) is 0. The summed E-state index contributed by atoms with van der Waals surface area (Å²) >= 11 is -1.76. The number of alkyl halides is 1. The molecule has 1 fully saturated rings. The summed E-state index contributed by atoms with van der Waals surface area (Å²) in [5, 5.41) is 0. The van der Waals surface area contributed by atoms with Crippen LogP contribution in [0.15, 0.2) is 30.3 Å². The Morgan fingerprint density at radius 3 is 2.60 bits per heavy atom. The van der Waals surface area contributed by atoms with Crippen LogP contribution in [-0.4, -0.2) is 9.71 Å². The van der Waals surface area contributed by atoms with Crippen molar-refractivity contribution in [3.63, 3.8) is 0 Å². The van der Waals surface area contributed by atoms with E-state index >= 15 is 0 Å². The molecule has 82 valence electrons. The third kappa shape index (κ3) is 2.72. The summed E-state index contributed by atoms with van der Waals surface area (Å²) in [6.07, 6.45) is 4.00. The van der Waals surface area contributed by atoms with E-state index in [1.807, 2.05) is 18.2 Å². The van der Waals surface area contributed by atoms with Gasteiger partial charge in [0.15, 0.2) is 0 Å². The minimum atomic E-state index is -1.76. The number of carbonyl (C=O) groups excluding carboxylic acids is 1. The summed E-state index contributed by atoms with van der Waals surface area (Å²) in [5.74, 6) is 0.408. The molecule has 1 aliphatic carbocycles. The summed E-state index contributed by atoms with van der Waals surface area (Å²) in [4.78, 5) is 11.8. The molecular formula is C12H14ClIO. The normalized spacial score (nSPS) is 22.6. The van der Waals surface area contributed by atoms with Crippen molar-refractivity contribution >= 4 is 33.4 Å².